The Labute approximate surface area is 130 Å². The van der Waals surface area contributed by atoms with Crippen molar-refractivity contribution in [2.45, 2.75) is 25.4 Å². The average molecular weight is 308 g/mol. The van der Waals surface area contributed by atoms with Gasteiger partial charge in [-0.1, -0.05) is 12.1 Å². The number of thiol groups is 1. The van der Waals surface area contributed by atoms with E-state index in [9.17, 15) is 4.79 Å². The van der Waals surface area contributed by atoms with E-state index in [-0.39, 0.29) is 17.5 Å². The van der Waals surface area contributed by atoms with Gasteiger partial charge in [0, 0.05) is 5.70 Å². The highest BCUT2D eigenvalue weighted by molar-refractivity contribution is 7.80. The molecular formula is C15H20N2O3S. The second-order valence-corrected chi connectivity index (χ2v) is 5.20. The Morgan fingerprint density at radius 3 is 2.57 bits per heavy atom. The van der Waals surface area contributed by atoms with Crippen LogP contribution in [0.1, 0.15) is 25.5 Å². The molecule has 0 saturated carbocycles. The fourth-order valence-corrected chi connectivity index (χ4v) is 2.66. The first-order valence-corrected chi connectivity index (χ1v) is 7.31. The van der Waals surface area contributed by atoms with Crippen molar-refractivity contribution in [1.82, 2.24) is 10.6 Å². The van der Waals surface area contributed by atoms with Crippen LogP contribution in [-0.2, 0) is 9.53 Å². The second-order valence-electron chi connectivity index (χ2n) is 4.68. The van der Waals surface area contributed by atoms with Crippen molar-refractivity contribution in [2.75, 3.05) is 13.7 Å². The lowest BCUT2D eigenvalue weighted by atomic mass is 9.95. The first-order valence-electron chi connectivity index (χ1n) is 6.79. The first kappa shape index (κ1) is 15.7. The van der Waals surface area contributed by atoms with Gasteiger partial charge < -0.3 is 14.8 Å². The molecule has 1 aromatic carbocycles. The Morgan fingerprint density at radius 2 is 2.00 bits per heavy atom. The molecule has 6 heteroatoms. The van der Waals surface area contributed by atoms with Crippen LogP contribution in [0.25, 0.3) is 0 Å². The van der Waals surface area contributed by atoms with Crippen LogP contribution in [0.5, 0.6) is 5.75 Å². The van der Waals surface area contributed by atoms with Gasteiger partial charge in [-0.15, -0.1) is 12.6 Å². The maximum atomic E-state index is 12.2. The van der Waals surface area contributed by atoms with Crippen LogP contribution in [0.2, 0.25) is 0 Å². The third-order valence-electron chi connectivity index (χ3n) is 3.31. The van der Waals surface area contributed by atoms with Gasteiger partial charge in [-0.25, -0.2) is 4.79 Å². The van der Waals surface area contributed by atoms with Crippen molar-refractivity contribution in [3.05, 3.63) is 41.1 Å². The normalized spacial score (nSPS) is 21.7. The van der Waals surface area contributed by atoms with Crippen molar-refractivity contribution in [3.63, 3.8) is 0 Å². The van der Waals surface area contributed by atoms with E-state index >= 15 is 0 Å². The molecule has 0 spiro atoms. The summed E-state index contributed by atoms with van der Waals surface area (Å²) < 4.78 is 10.3. The minimum absolute atomic E-state index is 0.227. The Morgan fingerprint density at radius 1 is 1.33 bits per heavy atom. The number of rotatable bonds is 4. The molecule has 1 aromatic rings. The van der Waals surface area contributed by atoms with Gasteiger partial charge in [-0.05, 0) is 31.5 Å². The molecule has 2 atom stereocenters. The minimum Gasteiger partial charge on any atom is -0.497 e. The predicted octanol–water partition coefficient (Wildman–Crippen LogP) is 1.98. The summed E-state index contributed by atoms with van der Waals surface area (Å²) in [5.41, 5.74) is 2.08. The molecule has 0 fully saturated rings. The summed E-state index contributed by atoms with van der Waals surface area (Å²) in [5.74, 6) is 0.449. The van der Waals surface area contributed by atoms with Gasteiger partial charge in [0.25, 0.3) is 0 Å². The third-order valence-corrected chi connectivity index (χ3v) is 3.59. The van der Waals surface area contributed by atoms with Crippen molar-refractivity contribution in [3.8, 4) is 5.75 Å². The maximum absolute atomic E-state index is 12.2. The van der Waals surface area contributed by atoms with Crippen molar-refractivity contribution in [1.29, 1.82) is 0 Å². The molecule has 0 aromatic heterocycles. The predicted molar refractivity (Wildman–Crippen MR) is 84.1 cm³/mol. The van der Waals surface area contributed by atoms with Crippen LogP contribution in [0.4, 0.5) is 0 Å². The van der Waals surface area contributed by atoms with Gasteiger partial charge >= 0.3 is 5.97 Å². The van der Waals surface area contributed by atoms with Gasteiger partial charge in [0.2, 0.25) is 0 Å². The number of carbonyl (C=O) groups is 1. The van der Waals surface area contributed by atoms with E-state index in [1.54, 1.807) is 14.0 Å². The summed E-state index contributed by atoms with van der Waals surface area (Å²) >= 11 is 4.40. The van der Waals surface area contributed by atoms with Crippen molar-refractivity contribution >= 4 is 18.6 Å². The SMILES string of the molecule is CCOC(=O)C1=C(C)NC(S)NC1c1ccc(OC)cc1. The fourth-order valence-electron chi connectivity index (χ4n) is 2.32. The monoisotopic (exact) mass is 308 g/mol. The van der Waals surface area contributed by atoms with Gasteiger partial charge in [0.05, 0.1) is 25.3 Å². The number of carbonyl (C=O) groups excluding carboxylic acids is 1. The van der Waals surface area contributed by atoms with Crippen LogP contribution in [0, 0.1) is 0 Å². The molecule has 114 valence electrons. The smallest absolute Gasteiger partial charge is 0.337 e. The lowest BCUT2D eigenvalue weighted by Gasteiger charge is -2.32. The molecule has 2 rings (SSSR count). The molecule has 1 aliphatic rings. The molecule has 1 aliphatic heterocycles. The van der Waals surface area contributed by atoms with Crippen LogP contribution in [0.3, 0.4) is 0 Å². The summed E-state index contributed by atoms with van der Waals surface area (Å²) in [6, 6.07) is 7.32. The van der Waals surface area contributed by atoms with Crippen LogP contribution < -0.4 is 15.4 Å². The van der Waals surface area contributed by atoms with Gasteiger partial charge in [-0.3, -0.25) is 5.32 Å². The number of ether oxygens (including phenoxy) is 2. The van der Waals surface area contributed by atoms with Gasteiger partial charge in [0.15, 0.2) is 0 Å². The quantitative estimate of drug-likeness (QED) is 0.586. The number of allylic oxidation sites excluding steroid dienone is 1. The topological polar surface area (TPSA) is 59.6 Å². The average Bonchev–Trinajstić information content (AvgIpc) is 2.46. The molecule has 5 nitrogen and oxygen atoms in total. The van der Waals surface area contributed by atoms with E-state index in [0.717, 1.165) is 17.0 Å². The number of hydrogen-bond acceptors (Lipinski definition) is 6. The van der Waals surface area contributed by atoms with Crippen LogP contribution in [-0.4, -0.2) is 25.2 Å². The van der Waals surface area contributed by atoms with E-state index in [1.165, 1.54) is 0 Å². The number of methoxy groups -OCH3 is 1. The number of esters is 1. The summed E-state index contributed by atoms with van der Waals surface area (Å²) in [5, 5.41) is 6.34. The highest BCUT2D eigenvalue weighted by Crippen LogP contribution is 2.30. The molecule has 2 N–H and O–H groups in total. The molecular weight excluding hydrogens is 288 g/mol. The molecule has 0 aliphatic carbocycles. The second kappa shape index (κ2) is 6.87. The van der Waals surface area contributed by atoms with E-state index < -0.39 is 0 Å². The number of hydrogen-bond donors (Lipinski definition) is 3. The standard InChI is InChI=1S/C15H20N2O3S/c1-4-20-14(18)12-9(2)16-15(21)17-13(12)10-5-7-11(19-3)8-6-10/h5-8,13,15-17,21H,4H2,1-3H3. The van der Waals surface area contributed by atoms with Crippen molar-refractivity contribution in [2.24, 2.45) is 0 Å². The van der Waals surface area contributed by atoms with Gasteiger partial charge in [0.1, 0.15) is 11.2 Å². The Bertz CT molecular complexity index is 542. The lowest BCUT2D eigenvalue weighted by molar-refractivity contribution is -0.139. The highest BCUT2D eigenvalue weighted by atomic mass is 32.1. The molecule has 0 radical (unpaired) electrons. The minimum atomic E-state index is -0.323. The van der Waals surface area contributed by atoms with E-state index in [2.05, 4.69) is 23.3 Å². The van der Waals surface area contributed by atoms with Crippen molar-refractivity contribution < 1.29 is 14.3 Å². The fraction of sp³-hybridized carbons (Fsp3) is 0.400. The zero-order valence-corrected chi connectivity index (χ0v) is 13.2. The Balaban J connectivity index is 2.36. The van der Waals surface area contributed by atoms with Crippen LogP contribution in [0.15, 0.2) is 35.5 Å². The summed E-state index contributed by atoms with van der Waals surface area (Å²) in [6.07, 6.45) is 0. The molecule has 0 saturated heterocycles. The number of nitrogens with one attached hydrogen (secondary N) is 2. The Kier molecular flexibility index (Phi) is 5.14. The number of benzene rings is 1. The summed E-state index contributed by atoms with van der Waals surface area (Å²) in [6.45, 7) is 3.99. The summed E-state index contributed by atoms with van der Waals surface area (Å²) in [7, 11) is 1.62. The molecule has 1 heterocycles. The van der Waals surface area contributed by atoms with E-state index in [1.807, 2.05) is 31.2 Å². The largest absolute Gasteiger partial charge is 0.497 e. The van der Waals surface area contributed by atoms with E-state index in [4.69, 9.17) is 9.47 Å². The zero-order valence-electron chi connectivity index (χ0n) is 12.3. The molecule has 2 unspecified atom stereocenters. The van der Waals surface area contributed by atoms with E-state index in [0.29, 0.717) is 12.2 Å². The molecule has 0 amide bonds. The molecule has 21 heavy (non-hydrogen) atoms. The summed E-state index contributed by atoms with van der Waals surface area (Å²) in [4.78, 5) is 12.2. The van der Waals surface area contributed by atoms with Gasteiger partial charge in [-0.2, -0.15) is 0 Å². The highest BCUT2D eigenvalue weighted by Gasteiger charge is 2.31. The molecule has 0 bridgehead atoms. The van der Waals surface area contributed by atoms with Crippen LogP contribution >= 0.6 is 12.6 Å². The Hall–Kier alpha value is -1.66. The third kappa shape index (κ3) is 3.51. The lowest BCUT2D eigenvalue weighted by Crippen LogP contribution is -2.46. The maximum Gasteiger partial charge on any atom is 0.337 e. The first-order chi connectivity index (χ1) is 10.1. The zero-order chi connectivity index (χ0) is 15.4.